The second kappa shape index (κ2) is 9.70. The third kappa shape index (κ3) is 4.28. The molecule has 6 rings (SSSR count). The van der Waals surface area contributed by atoms with Crippen LogP contribution >= 0.6 is 0 Å². The van der Waals surface area contributed by atoms with Crippen LogP contribution in [0.2, 0.25) is 0 Å². The normalized spacial score (nSPS) is 13.5. The Balaban J connectivity index is 1.42. The summed E-state index contributed by atoms with van der Waals surface area (Å²) < 4.78 is 13.7. The number of fused-ring (bicyclic) bond motifs is 2. The third-order valence-electron chi connectivity index (χ3n) is 7.33. The summed E-state index contributed by atoms with van der Waals surface area (Å²) in [4.78, 5) is 15.7. The number of nitrogen functional groups attached to an aromatic ring is 1. The fourth-order valence-corrected chi connectivity index (χ4v) is 5.12. The summed E-state index contributed by atoms with van der Waals surface area (Å²) in [5.74, 6) is 0.667. The first-order chi connectivity index (χ1) is 18.5. The maximum absolute atomic E-state index is 11.4. The van der Waals surface area contributed by atoms with E-state index in [4.69, 9.17) is 20.3 Å². The van der Waals surface area contributed by atoms with E-state index in [2.05, 4.69) is 33.9 Å². The Hall–Kier alpha value is -4.59. The Bertz CT molecular complexity index is 1670. The van der Waals surface area contributed by atoms with Gasteiger partial charge >= 0.3 is 5.97 Å². The lowest BCUT2D eigenvalue weighted by atomic mass is 9.93. The van der Waals surface area contributed by atoms with E-state index < -0.39 is 5.97 Å². The smallest absolute Gasteiger partial charge is 0.307 e. The quantitative estimate of drug-likeness (QED) is 0.273. The van der Waals surface area contributed by atoms with E-state index in [0.717, 1.165) is 51.3 Å². The molecule has 0 amide bonds. The van der Waals surface area contributed by atoms with Crippen LogP contribution in [0.4, 0.5) is 5.82 Å². The monoisotopic (exact) mass is 508 g/mol. The van der Waals surface area contributed by atoms with E-state index in [-0.39, 0.29) is 13.0 Å². The second-order valence-electron chi connectivity index (χ2n) is 9.64. The third-order valence-corrected chi connectivity index (χ3v) is 7.33. The molecule has 0 saturated heterocycles. The van der Waals surface area contributed by atoms with E-state index in [1.54, 1.807) is 31.5 Å². The molecule has 3 aromatic carbocycles. The molecule has 8 nitrogen and oxygen atoms in total. The number of methoxy groups -OCH3 is 1. The number of carboxylic acid groups (broad SMARTS) is 1. The van der Waals surface area contributed by atoms with Gasteiger partial charge in [-0.25, -0.2) is 4.98 Å². The molecule has 8 heteroatoms. The van der Waals surface area contributed by atoms with Gasteiger partial charge in [-0.3, -0.25) is 9.48 Å². The molecule has 5 aromatic rings. The van der Waals surface area contributed by atoms with Crippen LogP contribution in [0.3, 0.4) is 0 Å². The average Bonchev–Trinajstić information content (AvgIpc) is 3.24. The molecular formula is C30H28N4O4. The molecule has 0 atom stereocenters. The molecule has 2 heterocycles. The molecule has 2 aromatic heterocycles. The van der Waals surface area contributed by atoms with Gasteiger partial charge in [-0.15, -0.1) is 0 Å². The number of aromatic nitrogens is 3. The minimum atomic E-state index is -0.921. The first-order valence-electron chi connectivity index (χ1n) is 12.7. The minimum Gasteiger partial charge on any atom is -0.497 e. The van der Waals surface area contributed by atoms with Gasteiger partial charge in [-0.1, -0.05) is 30.3 Å². The van der Waals surface area contributed by atoms with Gasteiger partial charge in [0.25, 0.3) is 0 Å². The maximum Gasteiger partial charge on any atom is 0.307 e. The molecule has 1 fully saturated rings. The molecule has 0 aliphatic heterocycles. The molecule has 0 unspecified atom stereocenters. The lowest BCUT2D eigenvalue weighted by molar-refractivity contribution is -0.136. The largest absolute Gasteiger partial charge is 0.497 e. The molecule has 1 aliphatic carbocycles. The molecule has 3 N–H and O–H groups in total. The van der Waals surface area contributed by atoms with Crippen molar-refractivity contribution in [1.29, 1.82) is 0 Å². The highest BCUT2D eigenvalue weighted by molar-refractivity contribution is 6.02. The van der Waals surface area contributed by atoms with Crippen molar-refractivity contribution in [2.24, 2.45) is 0 Å². The summed E-state index contributed by atoms with van der Waals surface area (Å²) in [7, 11) is 1.57. The van der Waals surface area contributed by atoms with E-state index in [9.17, 15) is 9.90 Å². The van der Waals surface area contributed by atoms with Crippen LogP contribution in [0.5, 0.6) is 11.5 Å². The number of carboxylic acids is 1. The van der Waals surface area contributed by atoms with Crippen molar-refractivity contribution in [2.45, 2.75) is 38.3 Å². The fraction of sp³-hybridized carbons (Fsp3) is 0.233. The number of carbonyl (C=O) groups is 1. The number of nitrogens with two attached hydrogens (primary N) is 1. The highest BCUT2D eigenvalue weighted by atomic mass is 16.5. The molecule has 0 radical (unpaired) electrons. The van der Waals surface area contributed by atoms with E-state index in [1.165, 1.54) is 6.42 Å². The fourth-order valence-electron chi connectivity index (χ4n) is 5.12. The van der Waals surface area contributed by atoms with E-state index >= 15 is 0 Å². The highest BCUT2D eigenvalue weighted by Gasteiger charge is 2.24. The van der Waals surface area contributed by atoms with Crippen molar-refractivity contribution in [3.8, 4) is 22.6 Å². The van der Waals surface area contributed by atoms with Gasteiger partial charge in [-0.2, -0.15) is 5.10 Å². The van der Waals surface area contributed by atoms with Crippen LogP contribution < -0.4 is 15.2 Å². The second-order valence-corrected chi connectivity index (χ2v) is 9.64. The van der Waals surface area contributed by atoms with Crippen molar-refractivity contribution in [3.05, 3.63) is 78.1 Å². The molecule has 1 aliphatic rings. The highest BCUT2D eigenvalue weighted by Crippen LogP contribution is 2.38. The van der Waals surface area contributed by atoms with Gasteiger partial charge < -0.3 is 20.3 Å². The number of ether oxygens (including phenoxy) is 2. The Morgan fingerprint density at radius 2 is 1.95 bits per heavy atom. The number of pyridine rings is 1. The van der Waals surface area contributed by atoms with Crippen LogP contribution in [-0.4, -0.2) is 33.0 Å². The van der Waals surface area contributed by atoms with Gasteiger partial charge in [0.15, 0.2) is 0 Å². The van der Waals surface area contributed by atoms with Crippen molar-refractivity contribution in [3.63, 3.8) is 0 Å². The summed E-state index contributed by atoms with van der Waals surface area (Å²) in [6.07, 6.45) is 5.00. The van der Waals surface area contributed by atoms with Crippen LogP contribution in [0.15, 0.2) is 66.9 Å². The van der Waals surface area contributed by atoms with E-state index in [0.29, 0.717) is 28.9 Å². The number of hydrogen-bond acceptors (Lipinski definition) is 6. The van der Waals surface area contributed by atoms with Crippen molar-refractivity contribution in [1.82, 2.24) is 14.8 Å². The molecule has 0 spiro atoms. The van der Waals surface area contributed by atoms with Gasteiger partial charge in [0.2, 0.25) is 0 Å². The zero-order chi connectivity index (χ0) is 26.2. The number of aliphatic carboxylic acids is 1. The van der Waals surface area contributed by atoms with Gasteiger partial charge in [0.1, 0.15) is 29.6 Å². The Labute approximate surface area is 219 Å². The SMILES string of the molecule is COc1ccc(CC(=O)O)c(OCc2nn(C3CCC3)c3ccc(-c4cccc5c(N)nccc45)cc23)c1. The zero-order valence-electron chi connectivity index (χ0n) is 21.1. The predicted octanol–water partition coefficient (Wildman–Crippen LogP) is 5.77. The number of anilines is 1. The van der Waals surface area contributed by atoms with Crippen LogP contribution in [0.25, 0.3) is 32.8 Å². The van der Waals surface area contributed by atoms with Crippen LogP contribution in [0.1, 0.15) is 36.6 Å². The van der Waals surface area contributed by atoms with Crippen molar-refractivity contribution >= 4 is 33.5 Å². The summed E-state index contributed by atoms with van der Waals surface area (Å²) in [6, 6.07) is 20.0. The number of hydrogen-bond donors (Lipinski definition) is 2. The number of rotatable bonds is 8. The number of benzene rings is 3. The lowest BCUT2D eigenvalue weighted by Gasteiger charge is -2.26. The first-order valence-corrected chi connectivity index (χ1v) is 12.7. The summed E-state index contributed by atoms with van der Waals surface area (Å²) in [5, 5.41) is 17.3. The minimum absolute atomic E-state index is 0.139. The van der Waals surface area contributed by atoms with Crippen LogP contribution in [0, 0.1) is 0 Å². The Morgan fingerprint density at radius 3 is 2.71 bits per heavy atom. The summed E-state index contributed by atoms with van der Waals surface area (Å²) in [6.45, 7) is 0.200. The number of nitrogens with zero attached hydrogens (tertiary/aromatic N) is 3. The standard InChI is InChI=1S/C30H28N4O4/c1-37-21-10-8-19(15-29(35)36)28(16-21)38-17-26-25-14-18(9-11-27(25)34(33-26)20-4-2-5-20)22-6-3-7-24-23(22)12-13-32-30(24)31/h3,6-14,16,20H,2,4-5,15,17H2,1H3,(H2,31,32)(H,35,36). The molecule has 192 valence electrons. The molecular weight excluding hydrogens is 480 g/mol. The lowest BCUT2D eigenvalue weighted by Crippen LogP contribution is -2.18. The molecule has 1 saturated carbocycles. The van der Waals surface area contributed by atoms with Gasteiger partial charge in [0, 0.05) is 28.6 Å². The van der Waals surface area contributed by atoms with E-state index in [1.807, 2.05) is 18.2 Å². The van der Waals surface area contributed by atoms with Gasteiger partial charge in [-0.05, 0) is 60.0 Å². The first kappa shape index (κ1) is 23.8. The average molecular weight is 509 g/mol. The maximum atomic E-state index is 11.4. The van der Waals surface area contributed by atoms with Crippen molar-refractivity contribution < 1.29 is 19.4 Å². The Kier molecular flexibility index (Phi) is 6.07. The van der Waals surface area contributed by atoms with Crippen LogP contribution in [-0.2, 0) is 17.8 Å². The van der Waals surface area contributed by atoms with Gasteiger partial charge in [0.05, 0.1) is 25.1 Å². The molecule has 0 bridgehead atoms. The zero-order valence-corrected chi connectivity index (χ0v) is 21.1. The molecule has 38 heavy (non-hydrogen) atoms. The van der Waals surface area contributed by atoms with Crippen molar-refractivity contribution in [2.75, 3.05) is 12.8 Å². The topological polar surface area (TPSA) is 112 Å². The predicted molar refractivity (Wildman–Crippen MR) is 146 cm³/mol. The summed E-state index contributed by atoms with van der Waals surface area (Å²) >= 11 is 0. The Morgan fingerprint density at radius 1 is 1.08 bits per heavy atom. The summed E-state index contributed by atoms with van der Waals surface area (Å²) in [5.41, 5.74) is 10.7.